The van der Waals surface area contributed by atoms with E-state index in [1.807, 2.05) is 11.8 Å². The summed E-state index contributed by atoms with van der Waals surface area (Å²) in [6.07, 6.45) is 3.85. The topological polar surface area (TPSA) is 88.8 Å². The van der Waals surface area contributed by atoms with E-state index in [0.717, 1.165) is 21.7 Å². The monoisotopic (exact) mass is 457 g/mol. The Bertz CT molecular complexity index is 1320. The Kier molecular flexibility index (Phi) is 5.47. The Balaban J connectivity index is 1.54. The van der Waals surface area contributed by atoms with E-state index in [2.05, 4.69) is 94.3 Å². The first-order chi connectivity index (χ1) is 16.0. The third-order valence-corrected chi connectivity index (χ3v) is 6.35. The van der Waals surface area contributed by atoms with Crippen molar-refractivity contribution in [3.63, 3.8) is 0 Å². The van der Waals surface area contributed by atoms with Crippen molar-refractivity contribution in [1.29, 1.82) is 0 Å². The van der Waals surface area contributed by atoms with Gasteiger partial charge in [-0.3, -0.25) is 9.69 Å². The molecule has 5 rings (SSSR count). The summed E-state index contributed by atoms with van der Waals surface area (Å²) in [6.45, 7) is 6.12. The normalized spacial score (nSPS) is 15.2. The summed E-state index contributed by atoms with van der Waals surface area (Å²) in [5.41, 5.74) is 5.29. The number of rotatable bonds is 5. The first kappa shape index (κ1) is 21.0. The zero-order valence-corrected chi connectivity index (χ0v) is 19.4. The van der Waals surface area contributed by atoms with Gasteiger partial charge < -0.3 is 5.32 Å². The van der Waals surface area contributed by atoms with E-state index in [9.17, 15) is 4.79 Å². The molecule has 1 aliphatic rings. The van der Waals surface area contributed by atoms with Crippen LogP contribution in [0.25, 0.3) is 5.70 Å². The molecule has 0 bridgehead atoms. The minimum atomic E-state index is -0.189. The van der Waals surface area contributed by atoms with Crippen molar-refractivity contribution in [2.24, 2.45) is 0 Å². The molecule has 0 radical (unpaired) electrons. The van der Waals surface area contributed by atoms with Gasteiger partial charge in [-0.05, 0) is 48.4 Å². The average Bonchev–Trinajstić information content (AvgIpc) is 3.44. The number of aromatic nitrogens is 5. The van der Waals surface area contributed by atoms with Gasteiger partial charge >= 0.3 is 0 Å². The number of amides is 1. The summed E-state index contributed by atoms with van der Waals surface area (Å²) in [7, 11) is 0. The lowest BCUT2D eigenvalue weighted by Gasteiger charge is -2.32. The van der Waals surface area contributed by atoms with Crippen LogP contribution in [0.15, 0.2) is 60.8 Å². The lowest BCUT2D eigenvalue weighted by molar-refractivity contribution is -0.114. The number of nitrogens with zero attached hydrogens (tertiary/aromatic N) is 6. The highest BCUT2D eigenvalue weighted by Gasteiger charge is 2.32. The van der Waals surface area contributed by atoms with Gasteiger partial charge in [0.2, 0.25) is 5.91 Å². The van der Waals surface area contributed by atoms with Crippen LogP contribution in [-0.2, 0) is 4.79 Å². The van der Waals surface area contributed by atoms with Gasteiger partial charge in [-0.15, -0.1) is 11.3 Å². The maximum absolute atomic E-state index is 13.0. The predicted octanol–water partition coefficient (Wildman–Crippen LogP) is 4.14. The molecule has 0 saturated carbocycles. The van der Waals surface area contributed by atoms with Gasteiger partial charge in [-0.1, -0.05) is 64.8 Å². The second-order valence-corrected chi connectivity index (χ2v) is 9.34. The minimum Gasteiger partial charge on any atom is -0.300 e. The number of carbonyl (C=O) groups excluding carboxylic acids is 1. The fourth-order valence-electron chi connectivity index (χ4n) is 3.81. The lowest BCUT2D eigenvalue weighted by Crippen LogP contribution is -2.37. The van der Waals surface area contributed by atoms with E-state index in [4.69, 9.17) is 0 Å². The molecule has 33 heavy (non-hydrogen) atoms. The maximum Gasteiger partial charge on any atom is 0.251 e. The summed E-state index contributed by atoms with van der Waals surface area (Å²) in [6, 6.07) is 16.4. The molecule has 1 amide bonds. The van der Waals surface area contributed by atoms with Gasteiger partial charge in [-0.2, -0.15) is 4.68 Å². The van der Waals surface area contributed by atoms with Gasteiger partial charge in [0.15, 0.2) is 5.13 Å². The van der Waals surface area contributed by atoms with Crippen molar-refractivity contribution < 1.29 is 4.79 Å². The molecule has 0 spiro atoms. The van der Waals surface area contributed by atoms with Crippen molar-refractivity contribution in [3.05, 3.63) is 87.9 Å². The van der Waals surface area contributed by atoms with Crippen LogP contribution in [0.3, 0.4) is 0 Å². The highest BCUT2D eigenvalue weighted by atomic mass is 32.1. The Labute approximate surface area is 195 Å². The van der Waals surface area contributed by atoms with Crippen LogP contribution in [0.1, 0.15) is 33.2 Å². The molecular formula is C24H23N7OS. The first-order valence-corrected chi connectivity index (χ1v) is 11.4. The number of thiazole rings is 1. The molecule has 3 heterocycles. The zero-order chi connectivity index (χ0) is 22.9. The molecule has 4 aromatic rings. The van der Waals surface area contributed by atoms with Gasteiger partial charge in [0.1, 0.15) is 12.6 Å². The van der Waals surface area contributed by atoms with Crippen LogP contribution in [0.4, 0.5) is 11.1 Å². The molecule has 0 aliphatic carbocycles. The largest absolute Gasteiger partial charge is 0.300 e. The predicted molar refractivity (Wildman–Crippen MR) is 129 cm³/mol. The third-order valence-electron chi connectivity index (χ3n) is 5.52. The highest BCUT2D eigenvalue weighted by Crippen LogP contribution is 2.36. The smallest absolute Gasteiger partial charge is 0.251 e. The van der Waals surface area contributed by atoms with Crippen LogP contribution in [0.2, 0.25) is 0 Å². The summed E-state index contributed by atoms with van der Waals surface area (Å²) in [5, 5.41) is 15.9. The zero-order valence-electron chi connectivity index (χ0n) is 18.6. The number of fused-ring (bicyclic) bond motifs is 1. The van der Waals surface area contributed by atoms with Crippen molar-refractivity contribution >= 4 is 34.0 Å². The molecule has 2 aromatic heterocycles. The van der Waals surface area contributed by atoms with Gasteiger partial charge in [-0.25, -0.2) is 4.98 Å². The second-order valence-electron chi connectivity index (χ2n) is 8.11. The van der Waals surface area contributed by atoms with Crippen LogP contribution >= 0.6 is 11.3 Å². The number of carbonyl (C=O) groups is 1. The number of anilines is 2. The Morgan fingerprint density at radius 1 is 1.03 bits per heavy atom. The molecule has 1 atom stereocenters. The molecule has 8 nitrogen and oxygen atoms in total. The number of hydrogen-bond acceptors (Lipinski definition) is 7. The first-order valence-electron chi connectivity index (χ1n) is 10.6. The molecule has 2 aromatic carbocycles. The summed E-state index contributed by atoms with van der Waals surface area (Å²) < 4.78 is 1.75. The third kappa shape index (κ3) is 4.27. The fourth-order valence-corrected chi connectivity index (χ4v) is 4.49. The number of allylic oxidation sites excluding steroid dienone is 1. The van der Waals surface area contributed by atoms with E-state index < -0.39 is 0 Å². The van der Waals surface area contributed by atoms with Gasteiger partial charge in [0, 0.05) is 11.1 Å². The van der Waals surface area contributed by atoms with Crippen molar-refractivity contribution in [1.82, 2.24) is 25.2 Å². The SMILES string of the molecule is Cc1ccc(C2=CC(c3ccc(C)cc3)n3nnnc3N2CC(=O)Nc2ncc(C)s2)cc1. The standard InChI is InChI=1S/C24H23N7OS/c1-15-4-8-18(9-5-15)20-12-21(19-10-6-16(2)7-11-19)31-24(27-28-29-31)30(20)14-22(32)26-23-25-13-17(3)33-23/h4-13,21H,14H2,1-3H3,(H,25,26,32). The van der Waals surface area contributed by atoms with E-state index in [1.165, 1.54) is 22.5 Å². The number of tetrazole rings is 1. The van der Waals surface area contributed by atoms with Crippen molar-refractivity contribution in [2.75, 3.05) is 16.8 Å². The second kappa shape index (κ2) is 8.59. The van der Waals surface area contributed by atoms with Crippen LogP contribution in [0.5, 0.6) is 0 Å². The highest BCUT2D eigenvalue weighted by molar-refractivity contribution is 7.15. The summed E-state index contributed by atoms with van der Waals surface area (Å²) >= 11 is 1.44. The van der Waals surface area contributed by atoms with Crippen molar-refractivity contribution in [3.8, 4) is 0 Å². The Hall–Kier alpha value is -3.85. The van der Waals surface area contributed by atoms with Crippen molar-refractivity contribution in [2.45, 2.75) is 26.8 Å². The fraction of sp³-hybridized carbons (Fsp3) is 0.208. The molecule has 0 fully saturated rings. The van der Waals surface area contributed by atoms with E-state index in [1.54, 1.807) is 10.9 Å². The number of nitrogens with one attached hydrogen (secondary N) is 1. The molecule has 1 aliphatic heterocycles. The van der Waals surface area contributed by atoms with E-state index in [-0.39, 0.29) is 18.5 Å². The Morgan fingerprint density at radius 3 is 2.39 bits per heavy atom. The number of benzene rings is 2. The maximum atomic E-state index is 13.0. The van der Waals surface area contributed by atoms with Crippen LogP contribution in [0, 0.1) is 20.8 Å². The molecule has 1 N–H and O–H groups in total. The quantitative estimate of drug-likeness (QED) is 0.484. The Morgan fingerprint density at radius 2 is 1.73 bits per heavy atom. The lowest BCUT2D eigenvalue weighted by atomic mass is 9.99. The molecule has 166 valence electrons. The molecule has 9 heteroatoms. The summed E-state index contributed by atoms with van der Waals surface area (Å²) in [5.74, 6) is 0.329. The summed E-state index contributed by atoms with van der Waals surface area (Å²) in [4.78, 5) is 20.1. The number of aryl methyl sites for hydroxylation is 3. The molecule has 0 saturated heterocycles. The van der Waals surface area contributed by atoms with Crippen LogP contribution in [-0.4, -0.2) is 37.6 Å². The molecule has 1 unspecified atom stereocenters. The average molecular weight is 458 g/mol. The minimum absolute atomic E-state index is 0.0549. The van der Waals surface area contributed by atoms with E-state index >= 15 is 0 Å². The van der Waals surface area contributed by atoms with Crippen LogP contribution < -0.4 is 10.2 Å². The number of hydrogen-bond donors (Lipinski definition) is 1. The van der Waals surface area contributed by atoms with Gasteiger partial charge in [0.25, 0.3) is 5.95 Å². The molecular weight excluding hydrogens is 434 g/mol. The van der Waals surface area contributed by atoms with E-state index in [0.29, 0.717) is 11.1 Å². The van der Waals surface area contributed by atoms with Gasteiger partial charge in [0.05, 0.1) is 5.70 Å².